The molecule has 4 nitrogen and oxygen atoms in total. The van der Waals surface area contributed by atoms with E-state index in [1.54, 1.807) is 7.11 Å². The molecule has 0 radical (unpaired) electrons. The van der Waals surface area contributed by atoms with Crippen molar-refractivity contribution in [2.45, 2.75) is 6.61 Å². The van der Waals surface area contributed by atoms with Gasteiger partial charge in [-0.3, -0.25) is 4.79 Å². The predicted molar refractivity (Wildman–Crippen MR) is 74.9 cm³/mol. The highest BCUT2D eigenvalue weighted by Gasteiger charge is 2.17. The maximum Gasteiger partial charge on any atom is 0.267 e. The van der Waals surface area contributed by atoms with Gasteiger partial charge < -0.3 is 10.1 Å². The van der Waals surface area contributed by atoms with Crippen molar-refractivity contribution < 1.29 is 9.53 Å². The highest BCUT2D eigenvalue weighted by atomic mass is 79.9. The van der Waals surface area contributed by atoms with Crippen LogP contribution in [0.25, 0.3) is 0 Å². The number of aromatic nitrogens is 1. The number of para-hydroxylation sites is 1. The summed E-state index contributed by atoms with van der Waals surface area (Å²) in [6.45, 7) is 0.319. The second-order valence-corrected chi connectivity index (χ2v) is 5.77. The fourth-order valence-electron chi connectivity index (χ4n) is 1.44. The Morgan fingerprint density at radius 2 is 2.17 bits per heavy atom. The summed E-state index contributed by atoms with van der Waals surface area (Å²) in [5.74, 6) is -0.170. The summed E-state index contributed by atoms with van der Waals surface area (Å²) >= 11 is 4.57. The normalized spacial score (nSPS) is 10.3. The molecule has 1 aromatic heterocycles. The minimum absolute atomic E-state index is 0.170. The lowest BCUT2D eigenvalue weighted by Crippen LogP contribution is -2.12. The van der Waals surface area contributed by atoms with Crippen LogP contribution < -0.4 is 5.32 Å². The van der Waals surface area contributed by atoms with Crippen LogP contribution in [0.2, 0.25) is 0 Å². The first-order valence-electron chi connectivity index (χ1n) is 5.21. The van der Waals surface area contributed by atoms with Crippen LogP contribution in [0, 0.1) is 0 Å². The number of nitrogens with one attached hydrogen (secondary N) is 1. The van der Waals surface area contributed by atoms with E-state index in [9.17, 15) is 4.79 Å². The van der Waals surface area contributed by atoms with Gasteiger partial charge in [0.25, 0.3) is 5.91 Å². The van der Waals surface area contributed by atoms with Gasteiger partial charge in [0.2, 0.25) is 0 Å². The third kappa shape index (κ3) is 3.16. The smallest absolute Gasteiger partial charge is 0.267 e. The standard InChI is InChI=1S/C12H11BrN2O2S/c1-17-7-9-10(18-12(13)15-9)11(16)14-8-5-3-2-4-6-8/h2-6H,7H2,1H3,(H,14,16). The summed E-state index contributed by atoms with van der Waals surface area (Å²) in [7, 11) is 1.58. The van der Waals surface area contributed by atoms with Crippen molar-refractivity contribution in [3.05, 3.63) is 44.8 Å². The molecular formula is C12H11BrN2O2S. The first kappa shape index (κ1) is 13.2. The predicted octanol–water partition coefficient (Wildman–Crippen LogP) is 3.30. The molecule has 0 saturated carbocycles. The van der Waals surface area contributed by atoms with E-state index in [0.29, 0.717) is 21.1 Å². The lowest BCUT2D eigenvalue weighted by molar-refractivity contribution is 0.102. The quantitative estimate of drug-likeness (QED) is 0.937. The summed E-state index contributed by atoms with van der Waals surface area (Å²) < 4.78 is 5.70. The minimum Gasteiger partial charge on any atom is -0.378 e. The molecule has 1 aromatic carbocycles. The fraction of sp³-hybridized carbons (Fsp3) is 0.167. The van der Waals surface area contributed by atoms with Crippen molar-refractivity contribution in [1.82, 2.24) is 4.98 Å². The number of carbonyl (C=O) groups is 1. The second kappa shape index (κ2) is 6.08. The molecule has 2 rings (SSSR count). The van der Waals surface area contributed by atoms with Crippen molar-refractivity contribution >= 4 is 38.9 Å². The van der Waals surface area contributed by atoms with Crippen LogP contribution in [0.1, 0.15) is 15.4 Å². The largest absolute Gasteiger partial charge is 0.378 e. The molecule has 2 aromatic rings. The fourth-order valence-corrected chi connectivity index (χ4v) is 2.83. The number of thiazole rings is 1. The zero-order valence-corrected chi connectivity index (χ0v) is 12.0. The van der Waals surface area contributed by atoms with E-state index in [1.807, 2.05) is 30.3 Å². The lowest BCUT2D eigenvalue weighted by atomic mass is 10.3. The van der Waals surface area contributed by atoms with Crippen molar-refractivity contribution in [1.29, 1.82) is 0 Å². The first-order chi connectivity index (χ1) is 8.70. The van der Waals surface area contributed by atoms with E-state index < -0.39 is 0 Å². The van der Waals surface area contributed by atoms with Gasteiger partial charge in [-0.05, 0) is 28.1 Å². The Morgan fingerprint density at radius 3 is 2.83 bits per heavy atom. The molecule has 0 unspecified atom stereocenters. The van der Waals surface area contributed by atoms with Crippen LogP contribution >= 0.6 is 27.3 Å². The Morgan fingerprint density at radius 1 is 1.44 bits per heavy atom. The molecule has 6 heteroatoms. The zero-order chi connectivity index (χ0) is 13.0. The monoisotopic (exact) mass is 326 g/mol. The second-order valence-electron chi connectivity index (χ2n) is 3.50. The molecule has 0 saturated heterocycles. The maximum atomic E-state index is 12.1. The van der Waals surface area contributed by atoms with Crippen molar-refractivity contribution in [2.75, 3.05) is 12.4 Å². The highest BCUT2D eigenvalue weighted by molar-refractivity contribution is 9.11. The Hall–Kier alpha value is -1.24. The molecule has 1 N–H and O–H groups in total. The van der Waals surface area contributed by atoms with Gasteiger partial charge in [0, 0.05) is 12.8 Å². The SMILES string of the molecule is COCc1nc(Br)sc1C(=O)Nc1ccccc1. The van der Waals surface area contributed by atoms with Crippen molar-refractivity contribution in [3.63, 3.8) is 0 Å². The van der Waals surface area contributed by atoms with E-state index in [2.05, 4.69) is 26.2 Å². The molecule has 18 heavy (non-hydrogen) atoms. The summed E-state index contributed by atoms with van der Waals surface area (Å²) in [4.78, 5) is 16.9. The van der Waals surface area contributed by atoms with E-state index in [0.717, 1.165) is 5.69 Å². The van der Waals surface area contributed by atoms with Crippen molar-refractivity contribution in [2.24, 2.45) is 0 Å². The molecule has 0 aliphatic carbocycles. The molecular weight excluding hydrogens is 316 g/mol. The minimum atomic E-state index is -0.170. The average molecular weight is 327 g/mol. The van der Waals surface area contributed by atoms with Gasteiger partial charge in [0.1, 0.15) is 4.88 Å². The number of methoxy groups -OCH3 is 1. The van der Waals surface area contributed by atoms with Gasteiger partial charge in [0.05, 0.1) is 12.3 Å². The molecule has 1 heterocycles. The highest BCUT2D eigenvalue weighted by Crippen LogP contribution is 2.24. The van der Waals surface area contributed by atoms with Crippen molar-refractivity contribution in [3.8, 4) is 0 Å². The van der Waals surface area contributed by atoms with Gasteiger partial charge in [-0.25, -0.2) is 4.98 Å². The topological polar surface area (TPSA) is 51.2 Å². The summed E-state index contributed by atoms with van der Waals surface area (Å²) in [5, 5.41) is 2.83. The molecule has 0 aliphatic heterocycles. The zero-order valence-electron chi connectivity index (χ0n) is 9.64. The van der Waals surface area contributed by atoms with Gasteiger partial charge >= 0.3 is 0 Å². The Labute approximate surface area is 117 Å². The molecule has 94 valence electrons. The maximum absolute atomic E-state index is 12.1. The van der Waals surface area contributed by atoms with Gasteiger partial charge in [-0.1, -0.05) is 18.2 Å². The molecule has 0 fully saturated rings. The van der Waals surface area contributed by atoms with Crippen LogP contribution in [-0.4, -0.2) is 18.0 Å². The van der Waals surface area contributed by atoms with Gasteiger partial charge in [0.15, 0.2) is 3.92 Å². The number of amides is 1. The van der Waals surface area contributed by atoms with Crippen LogP contribution in [0.15, 0.2) is 34.2 Å². The number of carbonyl (C=O) groups excluding carboxylic acids is 1. The number of anilines is 1. The molecule has 0 spiro atoms. The third-order valence-corrected chi connectivity index (χ3v) is 3.74. The Bertz CT molecular complexity index is 542. The molecule has 0 bridgehead atoms. The van der Waals surface area contributed by atoms with E-state index in [-0.39, 0.29) is 5.91 Å². The van der Waals surface area contributed by atoms with Crippen LogP contribution in [0.4, 0.5) is 5.69 Å². The van der Waals surface area contributed by atoms with Gasteiger partial charge in [-0.15, -0.1) is 11.3 Å². The number of ether oxygens (including phenoxy) is 1. The Balaban J connectivity index is 2.18. The van der Waals surface area contributed by atoms with E-state index >= 15 is 0 Å². The van der Waals surface area contributed by atoms with E-state index in [4.69, 9.17) is 4.74 Å². The third-order valence-electron chi connectivity index (χ3n) is 2.19. The van der Waals surface area contributed by atoms with E-state index in [1.165, 1.54) is 11.3 Å². The molecule has 1 amide bonds. The van der Waals surface area contributed by atoms with Gasteiger partial charge in [-0.2, -0.15) is 0 Å². The number of nitrogens with zero attached hydrogens (tertiary/aromatic N) is 1. The summed E-state index contributed by atoms with van der Waals surface area (Å²) in [5.41, 5.74) is 1.40. The summed E-state index contributed by atoms with van der Waals surface area (Å²) in [6.07, 6.45) is 0. The lowest BCUT2D eigenvalue weighted by Gasteiger charge is -2.04. The van der Waals surface area contributed by atoms with Crippen LogP contribution in [0.3, 0.4) is 0 Å². The summed E-state index contributed by atoms with van der Waals surface area (Å²) in [6, 6.07) is 9.31. The first-order valence-corrected chi connectivity index (χ1v) is 6.82. The number of hydrogen-bond donors (Lipinski definition) is 1. The average Bonchev–Trinajstić information content (AvgIpc) is 2.72. The number of hydrogen-bond acceptors (Lipinski definition) is 4. The number of rotatable bonds is 4. The van der Waals surface area contributed by atoms with Crippen LogP contribution in [0.5, 0.6) is 0 Å². The molecule has 0 atom stereocenters. The Kier molecular flexibility index (Phi) is 4.46. The molecule has 0 aliphatic rings. The number of halogens is 1. The van der Waals surface area contributed by atoms with Crippen LogP contribution in [-0.2, 0) is 11.3 Å². The number of benzene rings is 1.